The van der Waals surface area contributed by atoms with Gasteiger partial charge in [-0.1, -0.05) is 28.1 Å². The van der Waals surface area contributed by atoms with Gasteiger partial charge in [0, 0.05) is 29.3 Å². The fourth-order valence-electron chi connectivity index (χ4n) is 2.21. The molecule has 0 saturated carbocycles. The maximum absolute atomic E-state index is 5.88. The second-order valence-corrected chi connectivity index (χ2v) is 5.83. The lowest BCUT2D eigenvalue weighted by Crippen LogP contribution is -2.17. The molecule has 2 aromatic rings. The third kappa shape index (κ3) is 4.25. The van der Waals surface area contributed by atoms with Crippen molar-refractivity contribution in [3.63, 3.8) is 0 Å². The van der Waals surface area contributed by atoms with Crippen molar-refractivity contribution in [1.82, 2.24) is 4.90 Å². The fourth-order valence-corrected chi connectivity index (χ4v) is 2.66. The minimum absolute atomic E-state index is 0.732. The molecule has 0 amide bonds. The summed E-state index contributed by atoms with van der Waals surface area (Å²) in [4.78, 5) is 2.25. The highest BCUT2D eigenvalue weighted by molar-refractivity contribution is 9.10. The van der Waals surface area contributed by atoms with Gasteiger partial charge in [0.2, 0.25) is 0 Å². The molecule has 2 aromatic carbocycles. The molecular formula is C16H19BrN2O. The van der Waals surface area contributed by atoms with Gasteiger partial charge in [0.1, 0.15) is 5.75 Å². The molecule has 0 aliphatic heterocycles. The zero-order valence-electron chi connectivity index (χ0n) is 11.8. The largest absolute Gasteiger partial charge is 0.497 e. The topological polar surface area (TPSA) is 38.5 Å². The molecule has 0 heterocycles. The zero-order chi connectivity index (χ0) is 14.5. The van der Waals surface area contributed by atoms with Gasteiger partial charge >= 0.3 is 0 Å². The smallest absolute Gasteiger partial charge is 0.121 e. The van der Waals surface area contributed by atoms with Gasteiger partial charge in [0.05, 0.1) is 7.11 Å². The van der Waals surface area contributed by atoms with E-state index in [1.165, 1.54) is 5.56 Å². The SMILES string of the molecule is COc1cc(N)cc(CN(C)Cc2cccc(Br)c2)c1. The Bertz CT molecular complexity index is 586. The molecule has 2 N–H and O–H groups in total. The number of halogens is 1. The summed E-state index contributed by atoms with van der Waals surface area (Å²) in [5.41, 5.74) is 9.04. The van der Waals surface area contributed by atoms with Crippen molar-refractivity contribution in [2.45, 2.75) is 13.1 Å². The maximum atomic E-state index is 5.88. The van der Waals surface area contributed by atoms with E-state index in [0.29, 0.717) is 0 Å². The zero-order valence-corrected chi connectivity index (χ0v) is 13.4. The highest BCUT2D eigenvalue weighted by atomic mass is 79.9. The van der Waals surface area contributed by atoms with E-state index in [9.17, 15) is 0 Å². The van der Waals surface area contributed by atoms with Crippen molar-refractivity contribution < 1.29 is 4.74 Å². The number of hydrogen-bond donors (Lipinski definition) is 1. The van der Waals surface area contributed by atoms with Crippen LogP contribution in [-0.4, -0.2) is 19.1 Å². The number of nitrogens with zero attached hydrogens (tertiary/aromatic N) is 1. The third-order valence-electron chi connectivity index (χ3n) is 3.02. The molecule has 3 nitrogen and oxygen atoms in total. The summed E-state index contributed by atoms with van der Waals surface area (Å²) >= 11 is 3.50. The summed E-state index contributed by atoms with van der Waals surface area (Å²) in [5.74, 6) is 0.802. The molecule has 0 bridgehead atoms. The van der Waals surface area contributed by atoms with E-state index in [4.69, 9.17) is 10.5 Å². The van der Waals surface area contributed by atoms with Crippen molar-refractivity contribution in [3.8, 4) is 5.75 Å². The fraction of sp³-hybridized carbons (Fsp3) is 0.250. The molecule has 0 atom stereocenters. The number of ether oxygens (including phenoxy) is 1. The first-order valence-corrected chi connectivity index (χ1v) is 7.22. The minimum atomic E-state index is 0.732. The van der Waals surface area contributed by atoms with Crippen LogP contribution in [0.3, 0.4) is 0 Å². The van der Waals surface area contributed by atoms with Gasteiger partial charge in [-0.25, -0.2) is 0 Å². The normalized spacial score (nSPS) is 10.8. The number of nitrogen functional groups attached to an aromatic ring is 1. The van der Waals surface area contributed by atoms with Crippen LogP contribution >= 0.6 is 15.9 Å². The van der Waals surface area contributed by atoms with E-state index in [-0.39, 0.29) is 0 Å². The summed E-state index contributed by atoms with van der Waals surface area (Å²) in [6.07, 6.45) is 0. The van der Waals surface area contributed by atoms with Gasteiger partial charge in [-0.15, -0.1) is 0 Å². The Morgan fingerprint density at radius 2 is 1.85 bits per heavy atom. The van der Waals surface area contributed by atoms with E-state index in [1.54, 1.807) is 7.11 Å². The Morgan fingerprint density at radius 3 is 2.55 bits per heavy atom. The molecule has 0 saturated heterocycles. The number of rotatable bonds is 5. The van der Waals surface area contributed by atoms with Gasteiger partial charge < -0.3 is 10.5 Å². The van der Waals surface area contributed by atoms with Crippen LogP contribution in [-0.2, 0) is 13.1 Å². The Labute approximate surface area is 128 Å². The molecule has 0 aliphatic carbocycles. The predicted molar refractivity (Wildman–Crippen MR) is 86.7 cm³/mol. The van der Waals surface area contributed by atoms with E-state index in [2.05, 4.69) is 46.1 Å². The highest BCUT2D eigenvalue weighted by Gasteiger charge is 2.05. The molecule has 0 radical (unpaired) electrons. The molecule has 0 spiro atoms. The maximum Gasteiger partial charge on any atom is 0.121 e. The first-order chi connectivity index (χ1) is 9.56. The van der Waals surface area contributed by atoms with Gasteiger partial charge in [0.15, 0.2) is 0 Å². The van der Waals surface area contributed by atoms with Crippen LogP contribution < -0.4 is 10.5 Å². The minimum Gasteiger partial charge on any atom is -0.497 e. The lowest BCUT2D eigenvalue weighted by Gasteiger charge is -2.18. The second kappa shape index (κ2) is 6.77. The van der Waals surface area contributed by atoms with Crippen LogP contribution in [0.5, 0.6) is 5.75 Å². The molecule has 106 valence electrons. The number of anilines is 1. The number of benzene rings is 2. The van der Waals surface area contributed by atoms with Gasteiger partial charge in [-0.05, 0) is 42.4 Å². The highest BCUT2D eigenvalue weighted by Crippen LogP contribution is 2.20. The summed E-state index contributed by atoms with van der Waals surface area (Å²) in [6, 6.07) is 14.2. The lowest BCUT2D eigenvalue weighted by molar-refractivity contribution is 0.318. The van der Waals surface area contributed by atoms with Gasteiger partial charge in [-0.3, -0.25) is 4.90 Å². The van der Waals surface area contributed by atoms with Crippen LogP contribution in [0, 0.1) is 0 Å². The average molecular weight is 335 g/mol. The van der Waals surface area contributed by atoms with Crippen molar-refractivity contribution in [2.24, 2.45) is 0 Å². The first-order valence-electron chi connectivity index (χ1n) is 6.43. The molecule has 0 fully saturated rings. The molecule has 20 heavy (non-hydrogen) atoms. The van der Waals surface area contributed by atoms with Crippen LogP contribution in [0.2, 0.25) is 0 Å². The summed E-state index contributed by atoms with van der Waals surface area (Å²) in [6.45, 7) is 1.71. The van der Waals surface area contributed by atoms with Crippen molar-refractivity contribution in [1.29, 1.82) is 0 Å². The number of hydrogen-bond acceptors (Lipinski definition) is 3. The Balaban J connectivity index is 2.04. The molecule has 4 heteroatoms. The van der Waals surface area contributed by atoms with Crippen LogP contribution in [0.15, 0.2) is 46.9 Å². The molecule has 0 unspecified atom stereocenters. The standard InChI is InChI=1S/C16H19BrN2O/c1-19(10-12-4-3-5-14(17)6-12)11-13-7-15(18)9-16(8-13)20-2/h3-9H,10-11,18H2,1-2H3. The average Bonchev–Trinajstić information content (AvgIpc) is 2.37. The van der Waals surface area contributed by atoms with Crippen molar-refractivity contribution in [2.75, 3.05) is 19.9 Å². The lowest BCUT2D eigenvalue weighted by atomic mass is 10.1. The van der Waals surface area contributed by atoms with E-state index >= 15 is 0 Å². The Kier molecular flexibility index (Phi) is 5.04. The predicted octanol–water partition coefficient (Wildman–Crippen LogP) is 3.67. The summed E-state index contributed by atoms with van der Waals surface area (Å²) in [5, 5.41) is 0. The van der Waals surface area contributed by atoms with E-state index < -0.39 is 0 Å². The Hall–Kier alpha value is -1.52. The van der Waals surface area contributed by atoms with Crippen LogP contribution in [0.1, 0.15) is 11.1 Å². The van der Waals surface area contributed by atoms with Crippen LogP contribution in [0.4, 0.5) is 5.69 Å². The molecule has 2 rings (SSSR count). The molecule has 0 aliphatic rings. The monoisotopic (exact) mass is 334 g/mol. The van der Waals surface area contributed by atoms with Crippen molar-refractivity contribution in [3.05, 3.63) is 58.1 Å². The number of methoxy groups -OCH3 is 1. The first kappa shape index (κ1) is 14.9. The Morgan fingerprint density at radius 1 is 1.10 bits per heavy atom. The quantitative estimate of drug-likeness (QED) is 0.848. The summed E-state index contributed by atoms with van der Waals surface area (Å²) in [7, 11) is 3.75. The number of nitrogens with two attached hydrogens (primary N) is 1. The van der Waals surface area contributed by atoms with Crippen molar-refractivity contribution >= 4 is 21.6 Å². The van der Waals surface area contributed by atoms with Gasteiger partial charge in [0.25, 0.3) is 0 Å². The van der Waals surface area contributed by atoms with E-state index in [0.717, 1.165) is 34.6 Å². The second-order valence-electron chi connectivity index (χ2n) is 4.92. The summed E-state index contributed by atoms with van der Waals surface area (Å²) < 4.78 is 6.35. The molecule has 0 aromatic heterocycles. The van der Waals surface area contributed by atoms with Gasteiger partial charge in [-0.2, -0.15) is 0 Å². The third-order valence-corrected chi connectivity index (χ3v) is 3.51. The van der Waals surface area contributed by atoms with Crippen LogP contribution in [0.25, 0.3) is 0 Å². The van der Waals surface area contributed by atoms with E-state index in [1.807, 2.05) is 24.3 Å². The molecular weight excluding hydrogens is 316 g/mol.